The van der Waals surface area contributed by atoms with Crippen LogP contribution in [0.15, 0.2) is 23.4 Å². The Labute approximate surface area is 93.9 Å². The molecule has 1 aliphatic carbocycles. The lowest BCUT2D eigenvalue weighted by atomic mass is 9.83. The summed E-state index contributed by atoms with van der Waals surface area (Å²) in [7, 11) is 2.18. The quantitative estimate of drug-likeness (QED) is 0.584. The summed E-state index contributed by atoms with van der Waals surface area (Å²) < 4.78 is 0. The number of hydrogen-bond donors (Lipinski definition) is 0. The Bertz CT molecular complexity index is 322. The van der Waals surface area contributed by atoms with Crippen molar-refractivity contribution >= 4 is 0 Å². The van der Waals surface area contributed by atoms with Gasteiger partial charge < -0.3 is 4.90 Å². The maximum atomic E-state index is 4.30. The highest BCUT2D eigenvalue weighted by molar-refractivity contribution is 5.43. The van der Waals surface area contributed by atoms with E-state index in [4.69, 9.17) is 0 Å². The minimum absolute atomic E-state index is 0.338. The van der Waals surface area contributed by atoms with Gasteiger partial charge in [0, 0.05) is 19.3 Å². The summed E-state index contributed by atoms with van der Waals surface area (Å²) in [6, 6.07) is 0. The summed E-state index contributed by atoms with van der Waals surface area (Å²) in [5, 5.41) is 0. The molecule has 0 radical (unpaired) electrons. The van der Waals surface area contributed by atoms with Crippen LogP contribution in [0.1, 0.15) is 40.0 Å². The first kappa shape index (κ1) is 10.8. The second-order valence-electron chi connectivity index (χ2n) is 5.86. The van der Waals surface area contributed by atoms with Gasteiger partial charge in [-0.15, -0.1) is 0 Å². The Hall–Kier alpha value is -0.720. The van der Waals surface area contributed by atoms with Gasteiger partial charge in [-0.3, -0.25) is 0 Å². The van der Waals surface area contributed by atoms with Crippen LogP contribution in [0.2, 0.25) is 0 Å². The highest BCUT2D eigenvalue weighted by atomic mass is 15.1. The van der Waals surface area contributed by atoms with Crippen LogP contribution in [0.4, 0.5) is 0 Å². The zero-order chi connectivity index (χ0) is 11.2. The molecule has 0 aromatic carbocycles. The largest absolute Gasteiger partial charge is 0.375 e. The van der Waals surface area contributed by atoms with Crippen molar-refractivity contribution in [1.29, 1.82) is 0 Å². The maximum absolute atomic E-state index is 4.30. The molecule has 0 amide bonds. The molecule has 0 aromatic heterocycles. The molecule has 2 aliphatic rings. The second-order valence-corrected chi connectivity index (χ2v) is 5.86. The SMILES string of the molecule is C=C1C2=C(CCCN1C)C(C)CC2(C)C. The first-order valence-corrected chi connectivity index (χ1v) is 6.07. The van der Waals surface area contributed by atoms with Gasteiger partial charge in [-0.1, -0.05) is 32.9 Å². The molecular weight excluding hydrogens is 182 g/mol. The van der Waals surface area contributed by atoms with Gasteiger partial charge in [0.15, 0.2) is 0 Å². The molecule has 0 saturated carbocycles. The van der Waals surface area contributed by atoms with Crippen LogP contribution in [0, 0.1) is 11.3 Å². The highest BCUT2D eigenvalue weighted by Crippen LogP contribution is 2.51. The fourth-order valence-corrected chi connectivity index (χ4v) is 3.45. The molecule has 1 unspecified atom stereocenters. The van der Waals surface area contributed by atoms with Crippen LogP contribution < -0.4 is 0 Å². The van der Waals surface area contributed by atoms with Crippen LogP contribution in [0.5, 0.6) is 0 Å². The highest BCUT2D eigenvalue weighted by Gasteiger charge is 2.39. The van der Waals surface area contributed by atoms with Crippen molar-refractivity contribution in [2.24, 2.45) is 11.3 Å². The van der Waals surface area contributed by atoms with E-state index in [1.54, 1.807) is 11.1 Å². The Morgan fingerprint density at radius 2 is 2.07 bits per heavy atom. The first-order valence-electron chi connectivity index (χ1n) is 6.07. The molecule has 0 aromatic rings. The molecule has 1 aliphatic heterocycles. The summed E-state index contributed by atoms with van der Waals surface area (Å²) in [5.74, 6) is 0.762. The lowest BCUT2D eigenvalue weighted by Gasteiger charge is -2.29. The minimum Gasteiger partial charge on any atom is -0.375 e. The molecule has 1 heteroatoms. The molecule has 1 heterocycles. The van der Waals surface area contributed by atoms with Crippen LogP contribution in [0.25, 0.3) is 0 Å². The number of nitrogens with zero attached hydrogens (tertiary/aromatic N) is 1. The molecule has 0 saturated heterocycles. The molecule has 1 nitrogen and oxygen atoms in total. The van der Waals surface area contributed by atoms with E-state index in [1.165, 1.54) is 25.0 Å². The Balaban J connectivity index is 2.46. The summed E-state index contributed by atoms with van der Waals surface area (Å²) in [4.78, 5) is 2.34. The molecule has 0 fully saturated rings. The smallest absolute Gasteiger partial charge is 0.0328 e. The number of hydrogen-bond acceptors (Lipinski definition) is 1. The zero-order valence-electron chi connectivity index (χ0n) is 10.6. The molecule has 0 bridgehead atoms. The van der Waals surface area contributed by atoms with Crippen molar-refractivity contribution in [3.8, 4) is 0 Å². The molecular formula is C14H23N. The number of likely N-dealkylation sites (N-methyl/N-ethyl adjacent to an activating group) is 1. The van der Waals surface area contributed by atoms with E-state index in [0.717, 1.165) is 12.5 Å². The van der Waals surface area contributed by atoms with Crippen molar-refractivity contribution in [1.82, 2.24) is 4.90 Å². The molecule has 2 rings (SSSR count). The maximum Gasteiger partial charge on any atom is 0.0328 e. The first-order chi connectivity index (χ1) is 6.93. The van der Waals surface area contributed by atoms with Gasteiger partial charge in [-0.25, -0.2) is 0 Å². The Morgan fingerprint density at radius 3 is 2.73 bits per heavy atom. The predicted molar refractivity (Wildman–Crippen MR) is 65.6 cm³/mol. The van der Waals surface area contributed by atoms with Crippen molar-refractivity contribution in [3.63, 3.8) is 0 Å². The van der Waals surface area contributed by atoms with Crippen LogP contribution >= 0.6 is 0 Å². The number of allylic oxidation sites excluding steroid dienone is 2. The van der Waals surface area contributed by atoms with Crippen molar-refractivity contribution < 1.29 is 0 Å². The van der Waals surface area contributed by atoms with E-state index in [0.29, 0.717) is 5.41 Å². The lowest BCUT2D eigenvalue weighted by Crippen LogP contribution is -2.23. The molecule has 0 spiro atoms. The van der Waals surface area contributed by atoms with Crippen LogP contribution in [0.3, 0.4) is 0 Å². The Kier molecular flexibility index (Phi) is 2.44. The normalized spacial score (nSPS) is 30.5. The summed E-state index contributed by atoms with van der Waals surface area (Å²) >= 11 is 0. The average molecular weight is 205 g/mol. The van der Waals surface area contributed by atoms with Gasteiger partial charge >= 0.3 is 0 Å². The van der Waals surface area contributed by atoms with E-state index >= 15 is 0 Å². The Morgan fingerprint density at radius 1 is 1.40 bits per heavy atom. The van der Waals surface area contributed by atoms with Gasteiger partial charge in [0.05, 0.1) is 0 Å². The molecule has 1 atom stereocenters. The third kappa shape index (κ3) is 1.62. The molecule has 84 valence electrons. The van der Waals surface area contributed by atoms with Gasteiger partial charge in [0.1, 0.15) is 0 Å². The standard InChI is InChI=1S/C14H23N/c1-10-9-14(3,4)13-11(2)15(5)8-6-7-12(10)13/h10H,2,6-9H2,1,3-5H3. The molecule has 15 heavy (non-hydrogen) atoms. The number of rotatable bonds is 0. The van der Waals surface area contributed by atoms with Crippen molar-refractivity contribution in [2.75, 3.05) is 13.6 Å². The van der Waals surface area contributed by atoms with Gasteiger partial charge in [0.25, 0.3) is 0 Å². The fraction of sp³-hybridized carbons (Fsp3) is 0.714. The van der Waals surface area contributed by atoms with E-state index in [9.17, 15) is 0 Å². The van der Waals surface area contributed by atoms with Gasteiger partial charge in [-0.2, -0.15) is 0 Å². The van der Waals surface area contributed by atoms with E-state index in [1.807, 2.05) is 0 Å². The van der Waals surface area contributed by atoms with E-state index < -0.39 is 0 Å². The van der Waals surface area contributed by atoms with Gasteiger partial charge in [0.2, 0.25) is 0 Å². The minimum atomic E-state index is 0.338. The van der Waals surface area contributed by atoms with Crippen molar-refractivity contribution in [2.45, 2.75) is 40.0 Å². The summed E-state index contributed by atoms with van der Waals surface area (Å²) in [6.45, 7) is 12.6. The third-order valence-corrected chi connectivity index (χ3v) is 4.10. The van der Waals surface area contributed by atoms with Crippen molar-refractivity contribution in [3.05, 3.63) is 23.4 Å². The van der Waals surface area contributed by atoms with Crippen LogP contribution in [-0.2, 0) is 0 Å². The van der Waals surface area contributed by atoms with E-state index in [-0.39, 0.29) is 0 Å². The third-order valence-electron chi connectivity index (χ3n) is 4.10. The van der Waals surface area contributed by atoms with Gasteiger partial charge in [-0.05, 0) is 36.2 Å². The zero-order valence-corrected chi connectivity index (χ0v) is 10.6. The topological polar surface area (TPSA) is 3.24 Å². The van der Waals surface area contributed by atoms with Crippen LogP contribution in [-0.4, -0.2) is 18.5 Å². The summed E-state index contributed by atoms with van der Waals surface area (Å²) in [6.07, 6.45) is 3.86. The predicted octanol–water partition coefficient (Wildman–Crippen LogP) is 3.59. The second kappa shape index (κ2) is 3.40. The summed E-state index contributed by atoms with van der Waals surface area (Å²) in [5.41, 5.74) is 4.87. The average Bonchev–Trinajstić information content (AvgIpc) is 2.27. The molecule has 0 N–H and O–H groups in total. The monoisotopic (exact) mass is 205 g/mol. The van der Waals surface area contributed by atoms with E-state index in [2.05, 4.69) is 39.3 Å². The lowest BCUT2D eigenvalue weighted by molar-refractivity contribution is 0.358. The fourth-order valence-electron chi connectivity index (χ4n) is 3.45.